The quantitative estimate of drug-likeness (QED) is 0.802. The molecule has 21 heavy (non-hydrogen) atoms. The molecule has 10 radical (unpaired) electrons. The van der Waals surface area contributed by atoms with Crippen molar-refractivity contribution in [2.75, 3.05) is 14.1 Å². The summed E-state index contributed by atoms with van der Waals surface area (Å²) in [6.45, 7) is 6.25. The number of aliphatic hydroxyl groups excluding tert-OH is 1. The Kier molecular flexibility index (Phi) is 11.3. The number of nitrogens with zero attached hydrogens (tertiary/aromatic N) is 1. The van der Waals surface area contributed by atoms with Crippen LogP contribution in [0.4, 0.5) is 0 Å². The topological polar surface area (TPSA) is 23.5 Å². The summed E-state index contributed by atoms with van der Waals surface area (Å²) in [5.74, 6) is 2.58. The molecule has 0 unspecified atom stereocenters. The van der Waals surface area contributed by atoms with E-state index in [2.05, 4.69) is 32.3 Å². The van der Waals surface area contributed by atoms with Crippen LogP contribution in [0.1, 0.15) is 20.8 Å². The minimum absolute atomic E-state index is 0. The van der Waals surface area contributed by atoms with Gasteiger partial charge in [-0.1, -0.05) is 13.8 Å². The average molecular weight is 329 g/mol. The van der Waals surface area contributed by atoms with Crippen LogP contribution in [-0.2, 0) is 17.1 Å². The molecule has 2 aliphatic carbocycles. The summed E-state index contributed by atoms with van der Waals surface area (Å²) >= 11 is 0. The van der Waals surface area contributed by atoms with Crippen LogP contribution >= 0.6 is 0 Å². The summed E-state index contributed by atoms with van der Waals surface area (Å²) in [5.41, 5.74) is 0. The second kappa shape index (κ2) is 11.0. The molecule has 0 bridgehead atoms. The molecule has 2 fully saturated rings. The van der Waals surface area contributed by atoms with Gasteiger partial charge in [0.25, 0.3) is 0 Å². The molecule has 2 rings (SSSR count). The van der Waals surface area contributed by atoms with E-state index in [0.29, 0.717) is 6.04 Å². The zero-order chi connectivity index (χ0) is 15.1. The minimum Gasteiger partial charge on any atom is -0.392 e. The largest absolute Gasteiger partial charge is 0.392 e. The van der Waals surface area contributed by atoms with Crippen molar-refractivity contribution in [2.45, 2.75) is 32.9 Å². The first kappa shape index (κ1) is 21.4. The Balaban J connectivity index is 0.000000562. The van der Waals surface area contributed by atoms with Gasteiger partial charge < -0.3 is 10.0 Å². The van der Waals surface area contributed by atoms with Crippen LogP contribution in [0.25, 0.3) is 0 Å². The van der Waals surface area contributed by atoms with Crippen LogP contribution in [0.15, 0.2) is 0 Å². The number of aliphatic hydroxyl groups is 1. The van der Waals surface area contributed by atoms with Gasteiger partial charge in [-0.15, -0.1) is 0 Å². The fourth-order valence-corrected chi connectivity index (χ4v) is 2.06. The Bertz CT molecular complexity index is 226. The third-order valence-corrected chi connectivity index (χ3v) is 3.62. The first-order chi connectivity index (χ1) is 9.45. The van der Waals surface area contributed by atoms with Gasteiger partial charge in [0.15, 0.2) is 0 Å². The molecule has 2 aliphatic rings. The second-order valence-corrected chi connectivity index (χ2v) is 5.73. The molecule has 2 atom stereocenters. The number of rotatable bonds is 4. The summed E-state index contributed by atoms with van der Waals surface area (Å²) in [6, 6.07) is 0.350. The van der Waals surface area contributed by atoms with Gasteiger partial charge >= 0.3 is 0 Å². The molecule has 0 aromatic heterocycles. The molecule has 0 spiro atoms. The van der Waals surface area contributed by atoms with E-state index < -0.39 is 0 Å². The molecule has 118 valence electrons. The van der Waals surface area contributed by atoms with E-state index >= 15 is 0 Å². The van der Waals surface area contributed by atoms with Gasteiger partial charge in [0.1, 0.15) is 0 Å². The van der Waals surface area contributed by atoms with Crippen molar-refractivity contribution in [1.29, 1.82) is 0 Å². The van der Waals surface area contributed by atoms with Crippen LogP contribution in [0.2, 0.25) is 0 Å². The van der Waals surface area contributed by atoms with Crippen molar-refractivity contribution in [1.82, 2.24) is 4.90 Å². The Morgan fingerprint density at radius 1 is 0.810 bits per heavy atom. The van der Waals surface area contributed by atoms with E-state index in [9.17, 15) is 5.11 Å². The van der Waals surface area contributed by atoms with E-state index in [4.69, 9.17) is 0 Å². The zero-order valence-electron chi connectivity index (χ0n) is 13.6. The smallest absolute Gasteiger partial charge is 0.0635 e. The number of hydrogen-bond acceptors (Lipinski definition) is 2. The monoisotopic (exact) mass is 329 g/mol. The molecule has 2 nitrogen and oxygen atoms in total. The van der Waals surface area contributed by atoms with E-state index in [1.165, 1.54) is 5.92 Å². The van der Waals surface area contributed by atoms with Crippen molar-refractivity contribution in [3.05, 3.63) is 63.2 Å². The third-order valence-electron chi connectivity index (χ3n) is 3.62. The zero-order valence-corrected chi connectivity index (χ0v) is 14.7. The maximum atomic E-state index is 10.1. The van der Waals surface area contributed by atoms with Gasteiger partial charge in [-0.05, 0) is 78.3 Å². The second-order valence-electron chi connectivity index (χ2n) is 5.73. The van der Waals surface area contributed by atoms with Gasteiger partial charge in [-0.3, -0.25) is 0 Å². The van der Waals surface area contributed by atoms with Crippen LogP contribution in [0.5, 0.6) is 0 Å². The van der Waals surface area contributed by atoms with E-state index in [1.807, 2.05) is 58.8 Å². The van der Waals surface area contributed by atoms with Crippen LogP contribution in [-0.4, -0.2) is 36.2 Å². The predicted molar refractivity (Wildman–Crippen MR) is 84.9 cm³/mol. The van der Waals surface area contributed by atoms with Gasteiger partial charge in [0.2, 0.25) is 0 Å². The van der Waals surface area contributed by atoms with Gasteiger partial charge in [0, 0.05) is 34.9 Å². The SMILES string of the molecule is CC(C)[C@@H](O)[C]1[CH][CH][CH][C]1[C@H](C)N(C)C.[CH]1[CH][CH][CH][CH]1.[Fe]. The molecule has 0 heterocycles. The fourth-order valence-electron chi connectivity index (χ4n) is 2.06. The van der Waals surface area contributed by atoms with Crippen molar-refractivity contribution < 1.29 is 22.2 Å². The fraction of sp³-hybridized carbons (Fsp3) is 0.444. The summed E-state index contributed by atoms with van der Waals surface area (Å²) in [4.78, 5) is 2.16. The van der Waals surface area contributed by atoms with E-state index in [0.717, 1.165) is 5.92 Å². The van der Waals surface area contributed by atoms with Gasteiger partial charge in [-0.25, -0.2) is 0 Å². The van der Waals surface area contributed by atoms with Crippen LogP contribution in [0, 0.1) is 69.1 Å². The molecule has 2 saturated carbocycles. The Morgan fingerprint density at radius 3 is 1.62 bits per heavy atom. The maximum Gasteiger partial charge on any atom is 0.0635 e. The minimum atomic E-state index is -0.350. The summed E-state index contributed by atoms with van der Waals surface area (Å²) in [7, 11) is 4.12. The van der Waals surface area contributed by atoms with Crippen molar-refractivity contribution in [3.8, 4) is 0 Å². The van der Waals surface area contributed by atoms with Crippen molar-refractivity contribution in [3.63, 3.8) is 0 Å². The first-order valence-corrected chi connectivity index (χ1v) is 7.21. The molecule has 1 N–H and O–H groups in total. The molecule has 0 aliphatic heterocycles. The molecular weight excluding hydrogens is 302 g/mol. The molecule has 0 amide bonds. The average Bonchev–Trinajstić information content (AvgIpc) is 3.10. The van der Waals surface area contributed by atoms with E-state index in [1.54, 1.807) is 0 Å². The molecule has 0 aromatic rings. The third kappa shape index (κ3) is 7.03. The molecule has 0 saturated heterocycles. The number of hydrogen-bond donors (Lipinski definition) is 1. The Labute approximate surface area is 143 Å². The Hall–Kier alpha value is 0.439. The Morgan fingerprint density at radius 2 is 1.24 bits per heavy atom. The van der Waals surface area contributed by atoms with E-state index in [-0.39, 0.29) is 29.1 Å². The van der Waals surface area contributed by atoms with Crippen molar-refractivity contribution >= 4 is 0 Å². The summed E-state index contributed by atoms with van der Waals surface area (Å²) in [5, 5.41) is 10.1. The van der Waals surface area contributed by atoms with Crippen molar-refractivity contribution in [2.24, 2.45) is 5.92 Å². The molecule has 3 heteroatoms. The maximum absolute atomic E-state index is 10.1. The normalized spacial score (nSPS) is 22.9. The van der Waals surface area contributed by atoms with Crippen LogP contribution in [0.3, 0.4) is 0 Å². The summed E-state index contributed by atoms with van der Waals surface area (Å²) in [6.07, 6.45) is 15.8. The molecule has 0 aromatic carbocycles. The van der Waals surface area contributed by atoms with Gasteiger partial charge in [-0.2, -0.15) is 0 Å². The molecular formula is C18H27FeNO. The predicted octanol–water partition coefficient (Wildman–Crippen LogP) is 2.75. The van der Waals surface area contributed by atoms with Crippen LogP contribution < -0.4 is 0 Å². The standard InChI is InChI=1S/C13H22NO.C5H5.Fe/c1-9(2)13(15)12-8-6-7-11(12)10(3)14(4)5;1-2-4-5-3-1;/h6-10,13,15H,1-5H3;1-5H;/t10-,13+;;/m0../s1. The van der Waals surface area contributed by atoms with Gasteiger partial charge in [0.05, 0.1) is 6.10 Å². The summed E-state index contributed by atoms with van der Waals surface area (Å²) < 4.78 is 0. The first-order valence-electron chi connectivity index (χ1n) is 7.21.